The number of nitrogens with one attached hydrogen (secondary N) is 1. The van der Waals surface area contributed by atoms with Crippen LogP contribution in [0.25, 0.3) is 11.3 Å². The van der Waals surface area contributed by atoms with Gasteiger partial charge in [0.15, 0.2) is 11.6 Å². The summed E-state index contributed by atoms with van der Waals surface area (Å²) < 4.78 is 8.24. The zero-order valence-corrected chi connectivity index (χ0v) is 19.1. The minimum Gasteiger partial charge on any atom is -0.482 e. The second-order valence-corrected chi connectivity index (χ2v) is 8.95. The molecule has 0 radical (unpaired) electrons. The van der Waals surface area contributed by atoms with Crippen LogP contribution in [-0.4, -0.2) is 45.3 Å². The monoisotopic (exact) mass is 446 g/mol. The molecular formula is C25H30N6O2. The number of hydrogen-bond acceptors (Lipinski definition) is 5. The minimum absolute atomic E-state index is 0.0182. The summed E-state index contributed by atoms with van der Waals surface area (Å²) in [5, 5.41) is 7.77. The van der Waals surface area contributed by atoms with Crippen molar-refractivity contribution in [1.82, 2.24) is 25.0 Å². The molecule has 8 nitrogen and oxygen atoms in total. The molecule has 8 heteroatoms. The van der Waals surface area contributed by atoms with Crippen LogP contribution in [0, 0.1) is 0 Å². The highest BCUT2D eigenvalue weighted by Crippen LogP contribution is 2.44. The van der Waals surface area contributed by atoms with Gasteiger partial charge in [0.2, 0.25) is 0 Å². The second-order valence-electron chi connectivity index (χ2n) is 8.95. The Hall–Kier alpha value is -3.55. The highest BCUT2D eigenvalue weighted by Gasteiger charge is 2.46. The number of rotatable bonds is 5. The summed E-state index contributed by atoms with van der Waals surface area (Å²) in [7, 11) is 0. The predicted octanol–water partition coefficient (Wildman–Crippen LogP) is 3.74. The fourth-order valence-electron chi connectivity index (χ4n) is 5.00. The van der Waals surface area contributed by atoms with Crippen molar-refractivity contribution in [3.63, 3.8) is 0 Å². The molecule has 5 rings (SSSR count). The number of aryl methyl sites for hydroxylation is 1. The molecule has 3 aromatic rings. The maximum Gasteiger partial charge on any atom is 0.317 e. The number of carbonyl (C=O) groups is 1. The average molecular weight is 447 g/mol. The number of urea groups is 1. The fraction of sp³-hybridized carbons (Fsp3) is 0.400. The number of ether oxygens (including phenoxy) is 1. The molecule has 3 N–H and O–H groups in total. The number of hydrogen-bond donors (Lipinski definition) is 2. The number of pyridine rings is 1. The van der Waals surface area contributed by atoms with Crippen molar-refractivity contribution in [2.24, 2.45) is 0 Å². The molecule has 0 aliphatic carbocycles. The smallest absolute Gasteiger partial charge is 0.317 e. The van der Waals surface area contributed by atoms with Crippen molar-refractivity contribution in [3.05, 3.63) is 59.9 Å². The molecule has 172 valence electrons. The Labute approximate surface area is 193 Å². The zero-order chi connectivity index (χ0) is 23.0. The van der Waals surface area contributed by atoms with E-state index in [2.05, 4.69) is 21.0 Å². The van der Waals surface area contributed by atoms with Crippen LogP contribution in [0.3, 0.4) is 0 Å². The van der Waals surface area contributed by atoms with Crippen LogP contribution >= 0.6 is 0 Å². The highest BCUT2D eigenvalue weighted by atomic mass is 16.5. The van der Waals surface area contributed by atoms with Crippen molar-refractivity contribution in [2.45, 2.75) is 44.8 Å². The number of benzene rings is 1. The van der Waals surface area contributed by atoms with Crippen LogP contribution in [0.4, 0.5) is 10.6 Å². The first-order valence-electron chi connectivity index (χ1n) is 11.6. The Morgan fingerprint density at radius 1 is 1.24 bits per heavy atom. The third-order valence-corrected chi connectivity index (χ3v) is 6.84. The lowest BCUT2D eigenvalue weighted by Crippen LogP contribution is -2.40. The molecular weight excluding hydrogens is 416 g/mol. The van der Waals surface area contributed by atoms with Gasteiger partial charge >= 0.3 is 6.03 Å². The van der Waals surface area contributed by atoms with Gasteiger partial charge in [-0.2, -0.15) is 5.10 Å². The standard InChI is InChI=1S/C25H30N6O2/c1-3-27-24(32)30-11-9-25(16-30)10-12-31-22(25)14-20(29-31)19-13-21(23(26)28-15-19)33-17(2)18-7-5-4-6-8-18/h4-8,13-15,17H,3,9-12,16H2,1-2H3,(H2,26,28)(H,27,32)/t17-,25-/m1/s1. The summed E-state index contributed by atoms with van der Waals surface area (Å²) in [6, 6.07) is 14.1. The lowest BCUT2D eigenvalue weighted by molar-refractivity contribution is 0.206. The molecule has 1 saturated heterocycles. The molecule has 0 unspecified atom stereocenters. The molecule has 2 aromatic heterocycles. The van der Waals surface area contributed by atoms with E-state index >= 15 is 0 Å². The summed E-state index contributed by atoms with van der Waals surface area (Å²) in [6.45, 7) is 6.94. The molecule has 1 aromatic carbocycles. The molecule has 0 saturated carbocycles. The van der Waals surface area contributed by atoms with Gasteiger partial charge in [-0.25, -0.2) is 9.78 Å². The summed E-state index contributed by atoms with van der Waals surface area (Å²) >= 11 is 0. The first-order valence-corrected chi connectivity index (χ1v) is 11.6. The van der Waals surface area contributed by atoms with Crippen molar-refractivity contribution >= 4 is 11.8 Å². The summed E-state index contributed by atoms with van der Waals surface area (Å²) in [5.41, 5.74) is 10.1. The molecule has 1 fully saturated rings. The van der Waals surface area contributed by atoms with Crippen molar-refractivity contribution < 1.29 is 9.53 Å². The first kappa shape index (κ1) is 21.3. The molecule has 2 atom stereocenters. The van der Waals surface area contributed by atoms with Gasteiger partial charge in [-0.05, 0) is 44.4 Å². The molecule has 1 spiro atoms. The molecule has 2 amide bonds. The summed E-state index contributed by atoms with van der Waals surface area (Å²) in [5.74, 6) is 0.910. The number of amides is 2. The number of nitrogens with two attached hydrogens (primary N) is 1. The number of nitrogens with zero attached hydrogens (tertiary/aromatic N) is 4. The summed E-state index contributed by atoms with van der Waals surface area (Å²) in [4.78, 5) is 18.6. The van der Waals surface area contributed by atoms with Gasteiger partial charge in [-0.3, -0.25) is 4.68 Å². The van der Waals surface area contributed by atoms with E-state index in [0.29, 0.717) is 18.1 Å². The van der Waals surface area contributed by atoms with Gasteiger partial charge in [-0.15, -0.1) is 0 Å². The number of likely N-dealkylation sites (tertiary alicyclic amines) is 1. The van der Waals surface area contributed by atoms with Crippen molar-refractivity contribution in [1.29, 1.82) is 0 Å². The van der Waals surface area contributed by atoms with Crippen molar-refractivity contribution in [2.75, 3.05) is 25.4 Å². The van der Waals surface area contributed by atoms with Crippen LogP contribution < -0.4 is 15.8 Å². The Kier molecular flexibility index (Phi) is 5.44. The van der Waals surface area contributed by atoms with Gasteiger partial charge in [-0.1, -0.05) is 30.3 Å². The Morgan fingerprint density at radius 3 is 2.82 bits per heavy atom. The van der Waals surface area contributed by atoms with E-state index in [1.165, 1.54) is 5.69 Å². The van der Waals surface area contributed by atoms with Gasteiger partial charge in [0, 0.05) is 49.0 Å². The van der Waals surface area contributed by atoms with Gasteiger partial charge in [0.25, 0.3) is 0 Å². The van der Waals surface area contributed by atoms with E-state index in [0.717, 1.165) is 49.3 Å². The van der Waals surface area contributed by atoms with E-state index in [9.17, 15) is 4.79 Å². The number of nitrogen functional groups attached to an aromatic ring is 1. The quantitative estimate of drug-likeness (QED) is 0.622. The van der Waals surface area contributed by atoms with Crippen LogP contribution in [0.1, 0.15) is 44.1 Å². The van der Waals surface area contributed by atoms with Crippen LogP contribution in [0.5, 0.6) is 5.75 Å². The maximum atomic E-state index is 12.3. The van der Waals surface area contributed by atoms with E-state index in [1.807, 2.05) is 55.1 Å². The largest absolute Gasteiger partial charge is 0.482 e. The van der Waals surface area contributed by atoms with Gasteiger partial charge in [0.05, 0.1) is 5.69 Å². The van der Waals surface area contributed by atoms with Crippen LogP contribution in [0.15, 0.2) is 48.7 Å². The van der Waals surface area contributed by atoms with E-state index < -0.39 is 0 Å². The number of anilines is 1. The Morgan fingerprint density at radius 2 is 2.03 bits per heavy atom. The summed E-state index contributed by atoms with van der Waals surface area (Å²) in [6.07, 6.45) is 3.56. The first-order chi connectivity index (χ1) is 16.0. The fourth-order valence-corrected chi connectivity index (χ4v) is 5.00. The second kappa shape index (κ2) is 8.42. The van der Waals surface area contributed by atoms with Gasteiger partial charge < -0.3 is 20.7 Å². The van der Waals surface area contributed by atoms with Crippen molar-refractivity contribution in [3.8, 4) is 17.0 Å². The molecule has 2 aliphatic heterocycles. The SMILES string of the molecule is CCNC(=O)N1CC[C@@]2(CCn3nc(-c4cnc(N)c(O[C@H](C)c5ccccc5)c4)cc32)C1. The molecule has 4 heterocycles. The number of fused-ring (bicyclic) bond motifs is 2. The highest BCUT2D eigenvalue weighted by molar-refractivity contribution is 5.75. The van der Waals surface area contributed by atoms with E-state index in [-0.39, 0.29) is 17.6 Å². The van der Waals surface area contributed by atoms with E-state index in [4.69, 9.17) is 15.6 Å². The lowest BCUT2D eigenvalue weighted by Gasteiger charge is -2.23. The minimum atomic E-state index is -0.153. The third kappa shape index (κ3) is 3.90. The number of aromatic nitrogens is 3. The Balaban J connectivity index is 1.38. The number of carbonyl (C=O) groups excluding carboxylic acids is 1. The zero-order valence-electron chi connectivity index (χ0n) is 19.1. The van der Waals surface area contributed by atoms with Crippen LogP contribution in [-0.2, 0) is 12.0 Å². The third-order valence-electron chi connectivity index (χ3n) is 6.84. The molecule has 2 aliphatic rings. The lowest BCUT2D eigenvalue weighted by atomic mass is 9.82. The van der Waals surface area contributed by atoms with Crippen LogP contribution in [0.2, 0.25) is 0 Å². The molecule has 33 heavy (non-hydrogen) atoms. The predicted molar refractivity (Wildman–Crippen MR) is 127 cm³/mol. The maximum absolute atomic E-state index is 12.3. The van der Waals surface area contributed by atoms with Gasteiger partial charge in [0.1, 0.15) is 6.10 Å². The normalized spacial score (nSPS) is 20.1. The molecule has 0 bridgehead atoms. The van der Waals surface area contributed by atoms with E-state index in [1.54, 1.807) is 6.20 Å². The average Bonchev–Trinajstić information content (AvgIpc) is 3.53. The Bertz CT molecular complexity index is 1160. The topological polar surface area (TPSA) is 98.3 Å².